The molecule has 3 heterocycles. The summed E-state index contributed by atoms with van der Waals surface area (Å²) in [6, 6.07) is 20.5. The first-order valence-electron chi connectivity index (χ1n) is 11.2. The van der Waals surface area contributed by atoms with E-state index in [1.54, 1.807) is 31.5 Å². The molecule has 35 heavy (non-hydrogen) atoms. The lowest BCUT2D eigenvalue weighted by molar-refractivity contribution is 0.414. The molecular weight excluding hydrogens is 480 g/mol. The van der Waals surface area contributed by atoms with Gasteiger partial charge in [-0.25, -0.2) is 0 Å². The van der Waals surface area contributed by atoms with Gasteiger partial charge in [-0.05, 0) is 80.2 Å². The summed E-state index contributed by atoms with van der Waals surface area (Å²) in [5, 5.41) is 15.3. The number of aryl methyl sites for hydroxylation is 1. The van der Waals surface area contributed by atoms with Gasteiger partial charge in [0.15, 0.2) is 5.11 Å². The van der Waals surface area contributed by atoms with Gasteiger partial charge in [-0.1, -0.05) is 29.8 Å². The summed E-state index contributed by atoms with van der Waals surface area (Å²) < 4.78 is 7.71. The molecule has 1 saturated heterocycles. The van der Waals surface area contributed by atoms with Gasteiger partial charge in [0.2, 0.25) is 0 Å². The largest absolute Gasteiger partial charge is 0.506 e. The molecule has 1 aliphatic rings. The van der Waals surface area contributed by atoms with Gasteiger partial charge in [-0.2, -0.15) is 0 Å². The number of nitrogens with one attached hydrogen (secondary N) is 1. The van der Waals surface area contributed by atoms with Crippen LogP contribution in [0.3, 0.4) is 0 Å². The molecule has 1 aliphatic heterocycles. The Morgan fingerprint density at radius 1 is 1.03 bits per heavy atom. The van der Waals surface area contributed by atoms with E-state index in [2.05, 4.69) is 21.3 Å². The van der Waals surface area contributed by atoms with Crippen LogP contribution in [0.4, 0.5) is 5.69 Å². The Morgan fingerprint density at radius 3 is 2.54 bits per heavy atom. The molecular formula is C27H25ClN4O2S. The van der Waals surface area contributed by atoms with E-state index in [9.17, 15) is 5.11 Å². The fraction of sp³-hybridized carbons (Fsp3) is 0.185. The van der Waals surface area contributed by atoms with E-state index in [4.69, 9.17) is 28.6 Å². The minimum atomic E-state index is -0.213. The quantitative estimate of drug-likeness (QED) is 0.323. The molecule has 178 valence electrons. The second kappa shape index (κ2) is 9.24. The molecule has 6 nitrogen and oxygen atoms in total. The number of halogens is 1. The molecule has 0 spiro atoms. The molecule has 5 rings (SSSR count). The summed E-state index contributed by atoms with van der Waals surface area (Å²) in [6.45, 7) is 4.06. The van der Waals surface area contributed by atoms with Crippen LogP contribution in [0, 0.1) is 13.8 Å². The number of thiocarbonyl (C=S) groups is 1. The zero-order valence-electron chi connectivity index (χ0n) is 19.6. The smallest absolute Gasteiger partial charge is 0.174 e. The van der Waals surface area contributed by atoms with E-state index in [0.717, 1.165) is 34.1 Å². The van der Waals surface area contributed by atoms with Crippen molar-refractivity contribution in [2.75, 3.05) is 12.0 Å². The van der Waals surface area contributed by atoms with Gasteiger partial charge in [0.25, 0.3) is 0 Å². The van der Waals surface area contributed by atoms with E-state index in [1.165, 1.54) is 0 Å². The lowest BCUT2D eigenvalue weighted by atomic mass is 9.96. The summed E-state index contributed by atoms with van der Waals surface area (Å²) in [6.07, 6.45) is 1.79. The number of methoxy groups -OCH3 is 1. The minimum Gasteiger partial charge on any atom is -0.506 e. The fourth-order valence-electron chi connectivity index (χ4n) is 4.89. The first-order valence-corrected chi connectivity index (χ1v) is 12.0. The number of aromatic hydroxyl groups is 1. The van der Waals surface area contributed by atoms with Crippen molar-refractivity contribution >= 4 is 34.6 Å². The maximum atomic E-state index is 10.6. The second-order valence-electron chi connectivity index (χ2n) is 8.46. The van der Waals surface area contributed by atoms with Crippen LogP contribution < -0.4 is 15.0 Å². The van der Waals surface area contributed by atoms with Crippen molar-refractivity contribution in [2.45, 2.75) is 25.9 Å². The zero-order chi connectivity index (χ0) is 24.7. The Labute approximate surface area is 214 Å². The topological polar surface area (TPSA) is 62.5 Å². The number of ether oxygens (including phenoxy) is 1. The first-order chi connectivity index (χ1) is 16.9. The van der Waals surface area contributed by atoms with Gasteiger partial charge in [-0.15, -0.1) is 0 Å². The second-order valence-corrected chi connectivity index (χ2v) is 9.29. The molecule has 4 aromatic rings. The van der Waals surface area contributed by atoms with E-state index in [0.29, 0.717) is 15.8 Å². The van der Waals surface area contributed by atoms with Crippen LogP contribution in [0.5, 0.6) is 11.5 Å². The summed E-state index contributed by atoms with van der Waals surface area (Å²) in [5.74, 6) is 0.885. The van der Waals surface area contributed by atoms with Crippen molar-refractivity contribution in [2.24, 2.45) is 0 Å². The van der Waals surface area contributed by atoms with Gasteiger partial charge in [0, 0.05) is 22.6 Å². The Kier molecular flexibility index (Phi) is 6.13. The molecule has 0 saturated carbocycles. The summed E-state index contributed by atoms with van der Waals surface area (Å²) in [5.41, 5.74) is 5.37. The Bertz CT molecular complexity index is 1410. The number of para-hydroxylation sites is 2. The summed E-state index contributed by atoms with van der Waals surface area (Å²) >= 11 is 12.1. The Hall–Kier alpha value is -3.55. The molecule has 0 bridgehead atoms. The summed E-state index contributed by atoms with van der Waals surface area (Å²) in [4.78, 5) is 6.73. The standard InChI is InChI=1S/C27H25ClN4O2S/c1-16-14-19(17(2)31(16)22-15-18(28)11-12-23(22)33)26-25(20-8-6-7-13-29-20)30-27(35)32(26)21-9-4-5-10-24(21)34-3/h4-15,25-26,33H,1-3H3,(H,30,35)/t25-,26+/m0/s1. The van der Waals surface area contributed by atoms with Crippen LogP contribution in [-0.4, -0.2) is 26.9 Å². The maximum absolute atomic E-state index is 10.6. The molecule has 2 aromatic carbocycles. The number of pyridine rings is 1. The highest BCUT2D eigenvalue weighted by atomic mass is 35.5. The number of hydrogen-bond acceptors (Lipinski definition) is 4. The minimum absolute atomic E-state index is 0.158. The average molecular weight is 505 g/mol. The maximum Gasteiger partial charge on any atom is 0.174 e. The van der Waals surface area contributed by atoms with E-state index < -0.39 is 0 Å². The van der Waals surface area contributed by atoms with E-state index >= 15 is 0 Å². The predicted octanol–water partition coefficient (Wildman–Crippen LogP) is 6.03. The van der Waals surface area contributed by atoms with Crippen molar-refractivity contribution in [1.82, 2.24) is 14.9 Å². The normalized spacial score (nSPS) is 17.5. The van der Waals surface area contributed by atoms with Crippen molar-refractivity contribution in [3.8, 4) is 17.2 Å². The number of hydrogen-bond donors (Lipinski definition) is 2. The van der Waals surface area contributed by atoms with Gasteiger partial charge in [-0.3, -0.25) is 4.98 Å². The summed E-state index contributed by atoms with van der Waals surface area (Å²) in [7, 11) is 1.66. The zero-order valence-corrected chi connectivity index (χ0v) is 21.1. The lowest BCUT2D eigenvalue weighted by Crippen LogP contribution is -2.30. The number of phenolic OH excluding ortho intramolecular Hbond substituents is 1. The Morgan fingerprint density at radius 2 is 1.80 bits per heavy atom. The molecule has 8 heteroatoms. The molecule has 2 atom stereocenters. The van der Waals surface area contributed by atoms with E-state index in [1.807, 2.05) is 60.9 Å². The van der Waals surface area contributed by atoms with Crippen LogP contribution in [0.25, 0.3) is 5.69 Å². The van der Waals surface area contributed by atoms with Crippen LogP contribution >= 0.6 is 23.8 Å². The highest BCUT2D eigenvalue weighted by molar-refractivity contribution is 7.80. The number of nitrogens with zero attached hydrogens (tertiary/aromatic N) is 3. The van der Waals surface area contributed by atoms with E-state index in [-0.39, 0.29) is 17.8 Å². The predicted molar refractivity (Wildman–Crippen MR) is 143 cm³/mol. The number of anilines is 1. The number of aromatic nitrogens is 2. The van der Waals surface area contributed by atoms with Crippen LogP contribution in [-0.2, 0) is 0 Å². The van der Waals surface area contributed by atoms with Crippen LogP contribution in [0.1, 0.15) is 34.7 Å². The highest BCUT2D eigenvalue weighted by Gasteiger charge is 2.43. The van der Waals surface area contributed by atoms with Crippen molar-refractivity contribution in [1.29, 1.82) is 0 Å². The number of rotatable bonds is 5. The highest BCUT2D eigenvalue weighted by Crippen LogP contribution is 2.46. The van der Waals surface area contributed by atoms with Gasteiger partial charge < -0.3 is 24.6 Å². The first kappa shape index (κ1) is 23.2. The number of benzene rings is 2. The third kappa shape index (κ3) is 4.00. The third-order valence-corrected chi connectivity index (χ3v) is 6.96. The molecule has 1 fully saturated rings. The van der Waals surface area contributed by atoms with Gasteiger partial charge in [0.05, 0.1) is 36.3 Å². The lowest BCUT2D eigenvalue weighted by Gasteiger charge is -2.29. The SMILES string of the molecule is COc1ccccc1N1C(=S)N[C@@H](c2ccccn2)[C@H]1c1cc(C)n(-c2cc(Cl)ccc2O)c1C. The van der Waals surface area contributed by atoms with Gasteiger partial charge in [0.1, 0.15) is 11.5 Å². The fourth-order valence-corrected chi connectivity index (χ4v) is 5.40. The molecule has 0 aliphatic carbocycles. The molecule has 2 aromatic heterocycles. The third-order valence-electron chi connectivity index (χ3n) is 6.41. The van der Waals surface area contributed by atoms with Crippen molar-refractivity contribution in [3.63, 3.8) is 0 Å². The van der Waals surface area contributed by atoms with Crippen LogP contribution in [0.2, 0.25) is 5.02 Å². The monoisotopic (exact) mass is 504 g/mol. The van der Waals surface area contributed by atoms with Crippen molar-refractivity contribution < 1.29 is 9.84 Å². The van der Waals surface area contributed by atoms with Crippen LogP contribution in [0.15, 0.2) is 72.9 Å². The number of phenols is 1. The molecule has 0 radical (unpaired) electrons. The Balaban J connectivity index is 1.72. The molecule has 2 N–H and O–H groups in total. The molecule has 0 unspecified atom stereocenters. The average Bonchev–Trinajstić information content (AvgIpc) is 3.36. The van der Waals surface area contributed by atoms with Crippen molar-refractivity contribution in [3.05, 3.63) is 101 Å². The van der Waals surface area contributed by atoms with Gasteiger partial charge >= 0.3 is 0 Å². The molecule has 0 amide bonds.